The highest BCUT2D eigenvalue weighted by Crippen LogP contribution is 2.29. The average molecular weight is 347 g/mol. The van der Waals surface area contributed by atoms with Crippen LogP contribution in [0.5, 0.6) is 0 Å². The van der Waals surface area contributed by atoms with Crippen LogP contribution < -0.4 is 5.32 Å². The first-order chi connectivity index (χ1) is 11.8. The number of aryl methyl sites for hydroxylation is 1. The van der Waals surface area contributed by atoms with Crippen molar-refractivity contribution in [2.24, 2.45) is 0 Å². The first-order valence-electron chi connectivity index (χ1n) is 7.72. The monoisotopic (exact) mass is 347 g/mol. The van der Waals surface area contributed by atoms with E-state index in [4.69, 9.17) is 4.42 Å². The van der Waals surface area contributed by atoms with Gasteiger partial charge in [0.1, 0.15) is 5.58 Å². The van der Waals surface area contributed by atoms with Crippen LogP contribution in [-0.4, -0.2) is 5.91 Å². The molecule has 1 N–H and O–H groups in total. The van der Waals surface area contributed by atoms with Crippen LogP contribution in [0.4, 0.5) is 13.2 Å². The van der Waals surface area contributed by atoms with Crippen LogP contribution in [0.3, 0.4) is 0 Å². The van der Waals surface area contributed by atoms with Gasteiger partial charge in [-0.15, -0.1) is 0 Å². The zero-order chi connectivity index (χ0) is 18.0. The van der Waals surface area contributed by atoms with Gasteiger partial charge in [-0.25, -0.2) is 0 Å². The third-order valence-electron chi connectivity index (χ3n) is 3.91. The van der Waals surface area contributed by atoms with Gasteiger partial charge in [-0.05, 0) is 36.2 Å². The Kier molecular flexibility index (Phi) is 4.53. The molecule has 25 heavy (non-hydrogen) atoms. The highest BCUT2D eigenvalue weighted by atomic mass is 19.4. The molecule has 0 aliphatic rings. The van der Waals surface area contributed by atoms with E-state index in [1.165, 1.54) is 12.3 Å². The Morgan fingerprint density at radius 2 is 1.96 bits per heavy atom. The number of hydrogen-bond donors (Lipinski definition) is 1. The van der Waals surface area contributed by atoms with Gasteiger partial charge >= 0.3 is 6.18 Å². The van der Waals surface area contributed by atoms with Crippen molar-refractivity contribution in [1.82, 2.24) is 5.32 Å². The highest BCUT2D eigenvalue weighted by Gasteiger charge is 2.30. The zero-order valence-electron chi connectivity index (χ0n) is 13.5. The minimum absolute atomic E-state index is 0.0393. The van der Waals surface area contributed by atoms with E-state index in [0.717, 1.165) is 28.6 Å². The smallest absolute Gasteiger partial charge is 0.416 e. The number of fused-ring (bicyclic) bond motifs is 1. The minimum Gasteiger partial charge on any atom is -0.464 e. The molecule has 1 amide bonds. The first kappa shape index (κ1) is 17.1. The SMILES string of the molecule is Cc1ccc2c(CC(=O)NCc3cccc(C(F)(F)F)c3)coc2c1. The molecule has 0 atom stereocenters. The molecule has 3 nitrogen and oxygen atoms in total. The number of carbonyl (C=O) groups is 1. The number of rotatable bonds is 4. The molecular formula is C19H16F3NO2. The van der Waals surface area contributed by atoms with Crippen LogP contribution >= 0.6 is 0 Å². The summed E-state index contributed by atoms with van der Waals surface area (Å²) in [4.78, 5) is 12.1. The molecule has 130 valence electrons. The second-order valence-corrected chi connectivity index (χ2v) is 5.91. The Bertz CT molecular complexity index is 912. The number of amides is 1. The Hall–Kier alpha value is -2.76. The second-order valence-electron chi connectivity index (χ2n) is 5.91. The standard InChI is InChI=1S/C19H16F3NO2/c1-12-5-6-16-14(11-25-17(16)7-12)9-18(24)23-10-13-3-2-4-15(8-13)19(20,21)22/h2-8,11H,9-10H2,1H3,(H,23,24). The van der Waals surface area contributed by atoms with Crippen LogP contribution in [0.2, 0.25) is 0 Å². The number of furan rings is 1. The van der Waals surface area contributed by atoms with Crippen molar-refractivity contribution in [1.29, 1.82) is 0 Å². The number of carbonyl (C=O) groups excluding carboxylic acids is 1. The Labute approximate surface area is 142 Å². The van der Waals surface area contributed by atoms with Gasteiger partial charge in [0, 0.05) is 17.5 Å². The third kappa shape index (κ3) is 4.02. The lowest BCUT2D eigenvalue weighted by Gasteiger charge is -2.09. The largest absolute Gasteiger partial charge is 0.464 e. The Morgan fingerprint density at radius 3 is 2.72 bits per heavy atom. The number of halogens is 3. The summed E-state index contributed by atoms with van der Waals surface area (Å²) >= 11 is 0. The first-order valence-corrected chi connectivity index (χ1v) is 7.72. The van der Waals surface area contributed by atoms with Crippen LogP contribution in [0.25, 0.3) is 11.0 Å². The lowest BCUT2D eigenvalue weighted by Crippen LogP contribution is -2.24. The van der Waals surface area contributed by atoms with Gasteiger partial charge in [0.25, 0.3) is 0 Å². The molecule has 0 unspecified atom stereocenters. The van der Waals surface area contributed by atoms with E-state index in [1.807, 2.05) is 25.1 Å². The molecule has 0 spiro atoms. The summed E-state index contributed by atoms with van der Waals surface area (Å²) in [5.41, 5.74) is 2.19. The van der Waals surface area contributed by atoms with E-state index in [0.29, 0.717) is 11.1 Å². The van der Waals surface area contributed by atoms with Crippen molar-refractivity contribution in [3.8, 4) is 0 Å². The van der Waals surface area contributed by atoms with E-state index < -0.39 is 11.7 Å². The number of hydrogen-bond acceptors (Lipinski definition) is 2. The molecule has 0 saturated heterocycles. The molecule has 0 aliphatic heterocycles. The molecule has 0 radical (unpaired) electrons. The average Bonchev–Trinajstić information content (AvgIpc) is 2.94. The quantitative estimate of drug-likeness (QED) is 0.748. The minimum atomic E-state index is -4.39. The van der Waals surface area contributed by atoms with Gasteiger partial charge < -0.3 is 9.73 Å². The van der Waals surface area contributed by atoms with Crippen LogP contribution in [0.15, 0.2) is 53.1 Å². The highest BCUT2D eigenvalue weighted by molar-refractivity contribution is 5.87. The summed E-state index contributed by atoms with van der Waals surface area (Å²) in [5, 5.41) is 3.50. The molecule has 2 aromatic carbocycles. The fourth-order valence-corrected chi connectivity index (χ4v) is 2.62. The Balaban J connectivity index is 1.65. The number of nitrogens with one attached hydrogen (secondary N) is 1. The lowest BCUT2D eigenvalue weighted by atomic mass is 10.1. The molecule has 0 saturated carbocycles. The second kappa shape index (κ2) is 6.63. The molecule has 3 aromatic rings. The fourth-order valence-electron chi connectivity index (χ4n) is 2.62. The van der Waals surface area contributed by atoms with Crippen LogP contribution in [0, 0.1) is 6.92 Å². The maximum absolute atomic E-state index is 12.7. The lowest BCUT2D eigenvalue weighted by molar-refractivity contribution is -0.137. The molecule has 3 rings (SSSR count). The number of alkyl halides is 3. The maximum Gasteiger partial charge on any atom is 0.416 e. The predicted octanol–water partition coefficient (Wildman–Crippen LogP) is 4.62. The normalized spacial score (nSPS) is 11.7. The molecular weight excluding hydrogens is 331 g/mol. The van der Waals surface area contributed by atoms with Gasteiger partial charge in [-0.2, -0.15) is 13.2 Å². The van der Waals surface area contributed by atoms with E-state index >= 15 is 0 Å². The molecule has 0 fully saturated rings. The number of benzene rings is 2. The van der Waals surface area contributed by atoms with Crippen molar-refractivity contribution in [2.75, 3.05) is 0 Å². The summed E-state index contributed by atoms with van der Waals surface area (Å²) in [7, 11) is 0. The zero-order valence-corrected chi connectivity index (χ0v) is 13.5. The van der Waals surface area contributed by atoms with Crippen molar-refractivity contribution in [3.05, 3.63) is 71.0 Å². The molecule has 1 heterocycles. The maximum atomic E-state index is 12.7. The van der Waals surface area contributed by atoms with E-state index in [-0.39, 0.29) is 18.9 Å². The van der Waals surface area contributed by atoms with E-state index in [9.17, 15) is 18.0 Å². The third-order valence-corrected chi connectivity index (χ3v) is 3.91. The van der Waals surface area contributed by atoms with Crippen molar-refractivity contribution < 1.29 is 22.4 Å². The molecule has 0 bridgehead atoms. The summed E-state index contributed by atoms with van der Waals surface area (Å²) in [6, 6.07) is 10.6. The summed E-state index contributed by atoms with van der Waals surface area (Å²) in [6.45, 7) is 1.99. The topological polar surface area (TPSA) is 42.2 Å². The van der Waals surface area contributed by atoms with Gasteiger partial charge in [-0.1, -0.05) is 24.3 Å². The van der Waals surface area contributed by atoms with Gasteiger partial charge in [0.15, 0.2) is 0 Å². The van der Waals surface area contributed by atoms with Gasteiger partial charge in [0.05, 0.1) is 18.2 Å². The predicted molar refractivity (Wildman–Crippen MR) is 87.9 cm³/mol. The molecule has 1 aromatic heterocycles. The summed E-state index contributed by atoms with van der Waals surface area (Å²) in [6.07, 6.45) is -2.75. The van der Waals surface area contributed by atoms with E-state index in [2.05, 4.69) is 5.32 Å². The Morgan fingerprint density at radius 1 is 1.16 bits per heavy atom. The van der Waals surface area contributed by atoms with Crippen molar-refractivity contribution >= 4 is 16.9 Å². The van der Waals surface area contributed by atoms with Crippen molar-refractivity contribution in [2.45, 2.75) is 26.1 Å². The van der Waals surface area contributed by atoms with E-state index in [1.54, 1.807) is 6.07 Å². The molecule has 6 heteroatoms. The van der Waals surface area contributed by atoms with Gasteiger partial charge in [0.2, 0.25) is 5.91 Å². The molecule has 0 aliphatic carbocycles. The van der Waals surface area contributed by atoms with Crippen LogP contribution in [-0.2, 0) is 23.9 Å². The fraction of sp³-hybridized carbons (Fsp3) is 0.211. The van der Waals surface area contributed by atoms with Crippen molar-refractivity contribution in [3.63, 3.8) is 0 Å². The van der Waals surface area contributed by atoms with Gasteiger partial charge in [-0.3, -0.25) is 4.79 Å². The van der Waals surface area contributed by atoms with Crippen LogP contribution in [0.1, 0.15) is 22.3 Å². The summed E-state index contributed by atoms with van der Waals surface area (Å²) in [5.74, 6) is -0.277. The summed E-state index contributed by atoms with van der Waals surface area (Å²) < 4.78 is 43.5.